The van der Waals surface area contributed by atoms with Gasteiger partial charge in [-0.15, -0.1) is 0 Å². The van der Waals surface area contributed by atoms with Crippen molar-refractivity contribution in [1.29, 1.82) is 0 Å². The Labute approximate surface area is 277 Å². The number of fused-ring (bicyclic) bond motifs is 3. The summed E-state index contributed by atoms with van der Waals surface area (Å²) in [6, 6.07) is 42.1. The Hall–Kier alpha value is -5.41. The topological polar surface area (TPSA) is 27.6 Å². The average molecular weight is 610 g/mol. The molecule has 0 saturated heterocycles. The third-order valence-electron chi connectivity index (χ3n) is 9.78. The second-order valence-corrected chi connectivity index (χ2v) is 13.0. The Morgan fingerprint density at radius 3 is 2.15 bits per heavy atom. The molecule has 3 unspecified atom stereocenters. The number of hydrogen-bond donors (Lipinski definition) is 1. The molecule has 5 aromatic carbocycles. The number of benzene rings is 5. The summed E-state index contributed by atoms with van der Waals surface area (Å²) < 4.78 is 0. The van der Waals surface area contributed by atoms with Crippen LogP contribution in [-0.2, 0) is 0 Å². The Balaban J connectivity index is 1.31. The van der Waals surface area contributed by atoms with Crippen LogP contribution in [-0.4, -0.2) is 23.8 Å². The van der Waals surface area contributed by atoms with Crippen molar-refractivity contribution < 1.29 is 0 Å². The maximum Gasteiger partial charge on any atom is 0.133 e. The van der Waals surface area contributed by atoms with Gasteiger partial charge in [0.25, 0.3) is 0 Å². The summed E-state index contributed by atoms with van der Waals surface area (Å²) in [5.41, 5.74) is 9.89. The van der Waals surface area contributed by atoms with E-state index in [2.05, 4.69) is 177 Å². The lowest BCUT2D eigenvalue weighted by molar-refractivity contribution is 0.410. The lowest BCUT2D eigenvalue weighted by Gasteiger charge is -2.36. The van der Waals surface area contributed by atoms with Gasteiger partial charge in [-0.25, -0.2) is 4.99 Å². The molecule has 5 aromatic rings. The number of hydrogen-bond acceptors (Lipinski definition) is 3. The van der Waals surface area contributed by atoms with Gasteiger partial charge in [-0.1, -0.05) is 121 Å². The van der Waals surface area contributed by atoms with E-state index < -0.39 is 0 Å². The van der Waals surface area contributed by atoms with Gasteiger partial charge in [0.1, 0.15) is 5.84 Å². The van der Waals surface area contributed by atoms with E-state index in [1.165, 1.54) is 55.1 Å². The molecule has 3 aliphatic rings. The number of rotatable bonds is 5. The normalized spacial score (nSPS) is 21.3. The molecule has 3 atom stereocenters. The Morgan fingerprint density at radius 1 is 0.702 bits per heavy atom. The van der Waals surface area contributed by atoms with E-state index in [0.29, 0.717) is 0 Å². The van der Waals surface area contributed by atoms with Crippen molar-refractivity contribution in [3.63, 3.8) is 0 Å². The molecule has 2 heterocycles. The average Bonchev–Trinajstić information content (AvgIpc) is 3.11. The van der Waals surface area contributed by atoms with Crippen molar-refractivity contribution >= 4 is 33.1 Å². The predicted octanol–water partition coefficient (Wildman–Crippen LogP) is 10.3. The second-order valence-electron chi connectivity index (χ2n) is 13.0. The van der Waals surface area contributed by atoms with Crippen molar-refractivity contribution in [2.24, 2.45) is 4.99 Å². The van der Waals surface area contributed by atoms with Crippen molar-refractivity contribution in [3.05, 3.63) is 185 Å². The van der Waals surface area contributed by atoms with Gasteiger partial charge in [0.05, 0.1) is 6.04 Å². The summed E-state index contributed by atoms with van der Waals surface area (Å²) >= 11 is 0. The summed E-state index contributed by atoms with van der Waals surface area (Å²) in [4.78, 5) is 7.43. The van der Waals surface area contributed by atoms with E-state index in [1.54, 1.807) is 0 Å². The Morgan fingerprint density at radius 2 is 1.38 bits per heavy atom. The van der Waals surface area contributed by atoms with Crippen LogP contribution < -0.4 is 5.32 Å². The fourth-order valence-corrected chi connectivity index (χ4v) is 7.55. The summed E-state index contributed by atoms with van der Waals surface area (Å²) in [6.45, 7) is 4.29. The van der Waals surface area contributed by atoms with Crippen LogP contribution in [0.15, 0.2) is 173 Å². The largest absolute Gasteiger partial charge is 0.364 e. The lowest BCUT2D eigenvalue weighted by atomic mass is 9.78. The van der Waals surface area contributed by atoms with E-state index in [4.69, 9.17) is 4.99 Å². The second kappa shape index (κ2) is 12.1. The molecule has 0 spiro atoms. The molecule has 47 heavy (non-hydrogen) atoms. The minimum atomic E-state index is 0.108. The number of nitrogens with zero attached hydrogens (tertiary/aromatic N) is 2. The third kappa shape index (κ3) is 5.53. The van der Waals surface area contributed by atoms with Gasteiger partial charge in [0, 0.05) is 36.0 Å². The van der Waals surface area contributed by atoms with Crippen LogP contribution in [0.3, 0.4) is 0 Å². The lowest BCUT2D eigenvalue weighted by Crippen LogP contribution is -2.35. The van der Waals surface area contributed by atoms with Gasteiger partial charge in [0.15, 0.2) is 0 Å². The molecule has 2 aliphatic heterocycles. The quantitative estimate of drug-likeness (QED) is 0.201. The molecule has 0 radical (unpaired) electrons. The van der Waals surface area contributed by atoms with Crippen molar-refractivity contribution in [2.45, 2.75) is 38.3 Å². The molecular formula is C44H39N3. The van der Waals surface area contributed by atoms with E-state index >= 15 is 0 Å². The first-order valence-corrected chi connectivity index (χ1v) is 16.7. The molecule has 3 nitrogen and oxygen atoms in total. The molecule has 0 saturated carbocycles. The van der Waals surface area contributed by atoms with Gasteiger partial charge in [-0.2, -0.15) is 0 Å². The van der Waals surface area contributed by atoms with E-state index in [1.807, 2.05) is 0 Å². The highest BCUT2D eigenvalue weighted by molar-refractivity contribution is 6.09. The molecule has 0 fully saturated rings. The smallest absolute Gasteiger partial charge is 0.133 e. The van der Waals surface area contributed by atoms with Gasteiger partial charge in [-0.3, -0.25) is 0 Å². The maximum atomic E-state index is 5.02. The van der Waals surface area contributed by atoms with E-state index in [9.17, 15) is 0 Å². The first-order chi connectivity index (χ1) is 23.0. The number of nitrogens with one attached hydrogen (secondary N) is 1. The van der Waals surface area contributed by atoms with Crippen LogP contribution >= 0.6 is 0 Å². The fraction of sp³-hybridized carbons (Fsp3) is 0.159. The summed E-state index contributed by atoms with van der Waals surface area (Å²) in [6.07, 6.45) is 12.8. The minimum Gasteiger partial charge on any atom is -0.364 e. The number of aliphatic imine (C=N–C) groups is 1. The summed E-state index contributed by atoms with van der Waals surface area (Å²) in [5.74, 6) is 1.13. The first kappa shape index (κ1) is 29.0. The molecule has 8 rings (SSSR count). The standard InChI is InChI=1S/C44H39N3/c1-29-22-30(2)46-44(45-29)37-24-34(23-36(25-37)41-26-33-18-10-11-19-38(33)39-20-12-13-21-40(39)41)35-27-42(31-14-6-4-7-15-31)47(3)43(28-35)32-16-8-5-9-17-32/h4-22,24-29,36,42H,23H2,1-3H3,(H,45,46). The molecule has 230 valence electrons. The zero-order valence-corrected chi connectivity index (χ0v) is 27.2. The summed E-state index contributed by atoms with van der Waals surface area (Å²) in [7, 11) is 2.21. The molecular weight excluding hydrogens is 571 g/mol. The maximum absolute atomic E-state index is 5.02. The SMILES string of the molecule is CC1=CC(C)NC(C2=CC(c3cc4ccccc4c4ccccc34)CC(C3=CC(c4ccccc4)N(C)C(c4ccccc4)=C3)=C2)=N1. The van der Waals surface area contributed by atoms with Crippen LogP contribution in [0.2, 0.25) is 0 Å². The van der Waals surface area contributed by atoms with Crippen LogP contribution in [0, 0.1) is 0 Å². The Bertz CT molecular complexity index is 2180. The van der Waals surface area contributed by atoms with Crippen molar-refractivity contribution in [3.8, 4) is 0 Å². The van der Waals surface area contributed by atoms with E-state index in [0.717, 1.165) is 23.5 Å². The number of likely N-dealkylation sites (N-methyl/N-ethyl adjacent to an activating group) is 1. The van der Waals surface area contributed by atoms with Crippen molar-refractivity contribution in [1.82, 2.24) is 10.2 Å². The third-order valence-corrected chi connectivity index (χ3v) is 9.78. The minimum absolute atomic E-state index is 0.108. The predicted molar refractivity (Wildman–Crippen MR) is 198 cm³/mol. The molecule has 0 amide bonds. The molecule has 1 aliphatic carbocycles. The van der Waals surface area contributed by atoms with Crippen LogP contribution in [0.25, 0.3) is 27.2 Å². The van der Waals surface area contributed by atoms with Crippen molar-refractivity contribution in [2.75, 3.05) is 7.05 Å². The highest BCUT2D eigenvalue weighted by atomic mass is 15.1. The monoisotopic (exact) mass is 609 g/mol. The zero-order valence-electron chi connectivity index (χ0n) is 27.2. The highest BCUT2D eigenvalue weighted by Gasteiger charge is 2.29. The molecule has 0 aromatic heterocycles. The van der Waals surface area contributed by atoms with Crippen LogP contribution in [0.1, 0.15) is 48.9 Å². The van der Waals surface area contributed by atoms with Crippen LogP contribution in [0.4, 0.5) is 0 Å². The number of amidine groups is 1. The molecule has 0 bridgehead atoms. The highest BCUT2D eigenvalue weighted by Crippen LogP contribution is 2.44. The Kier molecular flexibility index (Phi) is 7.46. The van der Waals surface area contributed by atoms with Gasteiger partial charge in [-0.05, 0) is 93.9 Å². The molecule has 3 heteroatoms. The van der Waals surface area contributed by atoms with Gasteiger partial charge >= 0.3 is 0 Å². The first-order valence-electron chi connectivity index (χ1n) is 16.7. The number of allylic oxidation sites excluding steroid dienone is 5. The van der Waals surface area contributed by atoms with Crippen LogP contribution in [0.5, 0.6) is 0 Å². The summed E-state index contributed by atoms with van der Waals surface area (Å²) in [5, 5.41) is 8.88. The molecule has 1 N–H and O–H groups in total. The van der Waals surface area contributed by atoms with E-state index in [-0.39, 0.29) is 18.0 Å². The van der Waals surface area contributed by atoms with Gasteiger partial charge in [0.2, 0.25) is 0 Å². The van der Waals surface area contributed by atoms with Gasteiger partial charge < -0.3 is 10.2 Å². The fourth-order valence-electron chi connectivity index (χ4n) is 7.55. The zero-order chi connectivity index (χ0) is 31.9.